The summed E-state index contributed by atoms with van der Waals surface area (Å²) >= 11 is 0. The Bertz CT molecular complexity index is 737. The van der Waals surface area contributed by atoms with Crippen molar-refractivity contribution < 1.29 is 23.0 Å². The highest BCUT2D eigenvalue weighted by Gasteiger charge is 2.26. The second-order valence-electron chi connectivity index (χ2n) is 5.75. The third kappa shape index (κ3) is 4.30. The Morgan fingerprint density at radius 2 is 2.20 bits per heavy atom. The lowest BCUT2D eigenvalue weighted by atomic mass is 10.1. The van der Waals surface area contributed by atoms with Crippen molar-refractivity contribution in [2.75, 3.05) is 19.7 Å². The molecule has 7 heteroatoms. The maximum atomic E-state index is 12.6. The molecule has 1 saturated heterocycles. The number of carbonyl (C=O) groups is 1. The van der Waals surface area contributed by atoms with Gasteiger partial charge in [0.25, 0.3) is 5.91 Å². The Balaban J connectivity index is 1.72. The summed E-state index contributed by atoms with van der Waals surface area (Å²) in [5.41, 5.74) is 2.05. The number of pyridine rings is 1. The van der Waals surface area contributed by atoms with Crippen LogP contribution in [0.25, 0.3) is 0 Å². The van der Waals surface area contributed by atoms with Crippen LogP contribution in [0.4, 0.5) is 8.78 Å². The lowest BCUT2D eigenvalue weighted by Crippen LogP contribution is -2.42. The molecule has 2 heterocycles. The van der Waals surface area contributed by atoms with Gasteiger partial charge in [0.15, 0.2) is 0 Å². The van der Waals surface area contributed by atoms with Crippen LogP contribution in [0.15, 0.2) is 42.6 Å². The summed E-state index contributed by atoms with van der Waals surface area (Å²) in [7, 11) is 0. The molecule has 0 N–H and O–H groups in total. The van der Waals surface area contributed by atoms with Gasteiger partial charge in [-0.15, -0.1) is 0 Å². The molecule has 0 unspecified atom stereocenters. The monoisotopic (exact) mass is 348 g/mol. The number of nitrogens with zero attached hydrogens (tertiary/aromatic N) is 2. The van der Waals surface area contributed by atoms with Crippen molar-refractivity contribution in [3.63, 3.8) is 0 Å². The largest absolute Gasteiger partial charge is 0.435 e. The standard InChI is InChI=1S/C18H18F2N2O3/c1-12-5-6-14(10-21-12)17(23)22-7-8-24-16(11-22)13-3-2-4-15(9-13)25-18(19)20/h2-6,9-10,16,18H,7-8,11H2,1H3/t16-/m0/s1. The normalized spacial score (nSPS) is 17.6. The lowest BCUT2D eigenvalue weighted by molar-refractivity contribution is -0.0504. The molecule has 0 bridgehead atoms. The minimum Gasteiger partial charge on any atom is -0.435 e. The lowest BCUT2D eigenvalue weighted by Gasteiger charge is -2.33. The van der Waals surface area contributed by atoms with Crippen molar-refractivity contribution in [3.8, 4) is 5.75 Å². The highest BCUT2D eigenvalue weighted by atomic mass is 19.3. The molecule has 0 aliphatic carbocycles. The van der Waals surface area contributed by atoms with Gasteiger partial charge in [0, 0.05) is 18.4 Å². The first-order valence-electron chi connectivity index (χ1n) is 7.91. The topological polar surface area (TPSA) is 51.7 Å². The summed E-state index contributed by atoms with van der Waals surface area (Å²) in [6, 6.07) is 9.89. The van der Waals surface area contributed by atoms with Crippen LogP contribution in [0.1, 0.15) is 27.7 Å². The second-order valence-corrected chi connectivity index (χ2v) is 5.75. The zero-order valence-electron chi connectivity index (χ0n) is 13.7. The fraction of sp³-hybridized carbons (Fsp3) is 0.333. The van der Waals surface area contributed by atoms with E-state index in [2.05, 4.69) is 9.72 Å². The first kappa shape index (κ1) is 17.3. The van der Waals surface area contributed by atoms with Crippen LogP contribution in [-0.4, -0.2) is 42.1 Å². The number of alkyl halides is 2. The number of morpholine rings is 1. The molecule has 1 aromatic heterocycles. The number of aryl methyl sites for hydroxylation is 1. The fourth-order valence-electron chi connectivity index (χ4n) is 2.70. The Morgan fingerprint density at radius 3 is 2.92 bits per heavy atom. The number of benzene rings is 1. The molecule has 5 nitrogen and oxygen atoms in total. The summed E-state index contributed by atoms with van der Waals surface area (Å²) < 4.78 is 34.9. The fourth-order valence-corrected chi connectivity index (χ4v) is 2.70. The van der Waals surface area contributed by atoms with E-state index >= 15 is 0 Å². The van der Waals surface area contributed by atoms with Crippen molar-refractivity contribution in [2.45, 2.75) is 19.6 Å². The Hall–Kier alpha value is -2.54. The van der Waals surface area contributed by atoms with Gasteiger partial charge in [-0.05, 0) is 36.8 Å². The van der Waals surface area contributed by atoms with E-state index in [0.29, 0.717) is 30.8 Å². The molecule has 2 aromatic rings. The molecule has 1 aliphatic rings. The zero-order chi connectivity index (χ0) is 17.8. The third-order valence-electron chi connectivity index (χ3n) is 3.97. The van der Waals surface area contributed by atoms with E-state index in [-0.39, 0.29) is 11.7 Å². The van der Waals surface area contributed by atoms with Gasteiger partial charge in [0.05, 0.1) is 18.7 Å². The molecule has 25 heavy (non-hydrogen) atoms. The number of hydrogen-bond acceptors (Lipinski definition) is 4. The molecule has 0 spiro atoms. The molecule has 1 atom stereocenters. The number of carbonyl (C=O) groups excluding carboxylic acids is 1. The van der Waals surface area contributed by atoms with Crippen LogP contribution in [0.3, 0.4) is 0 Å². The summed E-state index contributed by atoms with van der Waals surface area (Å²) in [4.78, 5) is 18.4. The second kappa shape index (κ2) is 7.57. The van der Waals surface area contributed by atoms with Gasteiger partial charge in [-0.3, -0.25) is 9.78 Å². The molecule has 3 rings (SSSR count). The minimum absolute atomic E-state index is 0.0716. The van der Waals surface area contributed by atoms with Crippen LogP contribution in [-0.2, 0) is 4.74 Å². The van der Waals surface area contributed by atoms with Crippen molar-refractivity contribution in [2.24, 2.45) is 0 Å². The van der Waals surface area contributed by atoms with E-state index in [1.165, 1.54) is 12.1 Å². The van der Waals surface area contributed by atoms with Gasteiger partial charge in [-0.1, -0.05) is 12.1 Å². The summed E-state index contributed by atoms with van der Waals surface area (Å²) in [5, 5.41) is 0. The average Bonchev–Trinajstić information content (AvgIpc) is 2.61. The van der Waals surface area contributed by atoms with Crippen molar-refractivity contribution >= 4 is 5.91 Å². The molecule has 1 amide bonds. The van der Waals surface area contributed by atoms with E-state index in [9.17, 15) is 13.6 Å². The maximum Gasteiger partial charge on any atom is 0.387 e. The predicted octanol–water partition coefficient (Wildman–Crippen LogP) is 3.21. The minimum atomic E-state index is -2.88. The molecular formula is C18H18F2N2O3. The maximum absolute atomic E-state index is 12.6. The molecule has 1 aromatic carbocycles. The van der Waals surface area contributed by atoms with Crippen molar-refractivity contribution in [1.82, 2.24) is 9.88 Å². The van der Waals surface area contributed by atoms with Crippen LogP contribution in [0.2, 0.25) is 0 Å². The quantitative estimate of drug-likeness (QED) is 0.851. The SMILES string of the molecule is Cc1ccc(C(=O)N2CCO[C@H](c3cccc(OC(F)F)c3)C2)cn1. The van der Waals surface area contributed by atoms with Crippen molar-refractivity contribution in [1.29, 1.82) is 0 Å². The smallest absolute Gasteiger partial charge is 0.387 e. The van der Waals surface area contributed by atoms with E-state index in [0.717, 1.165) is 5.69 Å². The van der Waals surface area contributed by atoms with Crippen LogP contribution in [0.5, 0.6) is 5.75 Å². The molecule has 0 saturated carbocycles. The first-order chi connectivity index (χ1) is 12.0. The number of rotatable bonds is 4. The number of halogens is 2. The van der Waals surface area contributed by atoms with Gasteiger partial charge < -0.3 is 14.4 Å². The molecule has 1 aliphatic heterocycles. The Kier molecular flexibility index (Phi) is 5.23. The van der Waals surface area contributed by atoms with Crippen LogP contribution < -0.4 is 4.74 Å². The predicted molar refractivity (Wildman–Crippen MR) is 86.6 cm³/mol. The number of amides is 1. The summed E-state index contributed by atoms with van der Waals surface area (Å²) in [5.74, 6) is -0.0527. The van der Waals surface area contributed by atoms with Gasteiger partial charge >= 0.3 is 6.61 Å². The van der Waals surface area contributed by atoms with Crippen LogP contribution >= 0.6 is 0 Å². The summed E-state index contributed by atoms with van der Waals surface area (Å²) in [6.45, 7) is 0.152. The molecule has 0 radical (unpaired) electrons. The number of hydrogen-bond donors (Lipinski definition) is 0. The van der Waals surface area contributed by atoms with Crippen LogP contribution in [0, 0.1) is 6.92 Å². The molecule has 1 fully saturated rings. The zero-order valence-corrected chi connectivity index (χ0v) is 13.7. The molecule has 132 valence electrons. The van der Waals surface area contributed by atoms with E-state index in [1.807, 2.05) is 6.92 Å². The van der Waals surface area contributed by atoms with E-state index in [4.69, 9.17) is 4.74 Å². The van der Waals surface area contributed by atoms with E-state index < -0.39 is 12.7 Å². The highest BCUT2D eigenvalue weighted by molar-refractivity contribution is 5.94. The Labute approximate surface area is 144 Å². The third-order valence-corrected chi connectivity index (χ3v) is 3.97. The van der Waals surface area contributed by atoms with Crippen molar-refractivity contribution in [3.05, 3.63) is 59.4 Å². The van der Waals surface area contributed by atoms with E-state index in [1.54, 1.807) is 35.4 Å². The number of aromatic nitrogens is 1. The summed E-state index contributed by atoms with van der Waals surface area (Å²) in [6.07, 6.45) is 1.16. The average molecular weight is 348 g/mol. The molecular weight excluding hydrogens is 330 g/mol. The van der Waals surface area contributed by atoms with Gasteiger partial charge in [-0.2, -0.15) is 8.78 Å². The van der Waals surface area contributed by atoms with Gasteiger partial charge in [0.2, 0.25) is 0 Å². The van der Waals surface area contributed by atoms with Gasteiger partial charge in [-0.25, -0.2) is 0 Å². The number of ether oxygens (including phenoxy) is 2. The first-order valence-corrected chi connectivity index (χ1v) is 7.91. The Morgan fingerprint density at radius 1 is 1.36 bits per heavy atom. The van der Waals surface area contributed by atoms with Gasteiger partial charge in [0.1, 0.15) is 11.9 Å². The highest BCUT2D eigenvalue weighted by Crippen LogP contribution is 2.26.